The molecule has 0 fully saturated rings. The van der Waals surface area contributed by atoms with E-state index in [-0.39, 0.29) is 47.9 Å². The van der Waals surface area contributed by atoms with Crippen LogP contribution >= 0.6 is 22.7 Å². The first kappa shape index (κ1) is 41.8. The Morgan fingerprint density at radius 3 is 2.19 bits per heavy atom. The summed E-state index contributed by atoms with van der Waals surface area (Å²) < 4.78 is 8.77. The van der Waals surface area contributed by atoms with E-state index in [4.69, 9.17) is 14.4 Å². The molecule has 0 saturated carbocycles. The molecule has 0 bridgehead atoms. The van der Waals surface area contributed by atoms with Crippen molar-refractivity contribution in [3.8, 4) is 11.3 Å². The second kappa shape index (κ2) is 16.2. The van der Waals surface area contributed by atoms with Gasteiger partial charge in [-0.15, -0.1) is 34.9 Å². The summed E-state index contributed by atoms with van der Waals surface area (Å²) in [4.78, 5) is 22.7. The Morgan fingerprint density at radius 2 is 1.60 bits per heavy atom. The predicted octanol–water partition coefficient (Wildman–Crippen LogP) is 13.7. The Morgan fingerprint density at radius 1 is 0.942 bits per heavy atom. The van der Waals surface area contributed by atoms with Crippen LogP contribution in [0.3, 0.4) is 0 Å². The maximum atomic E-state index is 12.2. The smallest absolute Gasteiger partial charge is 0.164 e. The van der Waals surface area contributed by atoms with Crippen LogP contribution in [0.4, 0.5) is 0 Å². The van der Waals surface area contributed by atoms with Gasteiger partial charge < -0.3 is 9.52 Å². The summed E-state index contributed by atoms with van der Waals surface area (Å²) in [5, 5.41) is 17.0. The second-order valence-electron chi connectivity index (χ2n) is 16.0. The van der Waals surface area contributed by atoms with E-state index in [1.165, 1.54) is 37.4 Å². The molecule has 0 aliphatic carbocycles. The van der Waals surface area contributed by atoms with Gasteiger partial charge in [-0.3, -0.25) is 9.78 Å². The molecule has 1 N–H and O–H groups in total. The van der Waals surface area contributed by atoms with Crippen LogP contribution in [0.15, 0.2) is 52.2 Å². The molecule has 0 unspecified atom stereocenters. The first-order valence-electron chi connectivity index (χ1n) is 18.5. The number of aromatic nitrogens is 2. The van der Waals surface area contributed by atoms with Crippen LogP contribution in [0.1, 0.15) is 119 Å². The fraction of sp³-hybridized carbons (Fsp3) is 0.477. The van der Waals surface area contributed by atoms with Crippen molar-refractivity contribution in [2.75, 3.05) is 0 Å². The number of allylic oxidation sites excluding steroid dienone is 2. The van der Waals surface area contributed by atoms with Crippen molar-refractivity contribution in [3.63, 3.8) is 0 Å². The number of hydrogen-bond acceptors (Lipinski definition) is 7. The molecule has 8 heteroatoms. The Hall–Kier alpha value is -2.90. The molecule has 0 aliphatic heterocycles. The Labute approximate surface area is 331 Å². The standard InChI is InChI=1S/C29H27N2OS2.C15H28O2.Ir/c1-15(2)11-19-16(3)32-21-7-8-22-24(23(19)21)25-26(30-14-31-28(25)34-22)18-12-17-9-10-33-27(17)20(13-18)29(4,5)6;1-7-14(5,8-2)12(16)11-13(17)15(6,9-3)10-4;/h7-10,13-15H,11H2,1-6H3;11,16H,7-10H2,1-6H3;/q-1;;/b;12-11-;. The molecule has 1 radical (unpaired) electrons. The van der Waals surface area contributed by atoms with Crippen LogP contribution < -0.4 is 0 Å². The number of ketones is 1. The zero-order chi connectivity index (χ0) is 37.5. The monoisotopic (exact) mass is 916 g/mol. The average Bonchev–Trinajstić information content (AvgIpc) is 3.81. The third kappa shape index (κ3) is 7.97. The summed E-state index contributed by atoms with van der Waals surface area (Å²) in [5.74, 6) is 1.84. The summed E-state index contributed by atoms with van der Waals surface area (Å²) in [6, 6.07) is 12.4. The molecular formula is C44H55IrN2O3S2-. The van der Waals surface area contributed by atoms with Crippen LogP contribution in [0.2, 0.25) is 0 Å². The zero-order valence-corrected chi connectivity index (χ0v) is 37.0. The molecule has 0 aliphatic rings. The minimum absolute atomic E-state index is 0. The normalized spacial score (nSPS) is 12.9. The van der Waals surface area contributed by atoms with Gasteiger partial charge >= 0.3 is 0 Å². The van der Waals surface area contributed by atoms with Gasteiger partial charge in [0.1, 0.15) is 28.3 Å². The molecular weight excluding hydrogens is 861 g/mol. The van der Waals surface area contributed by atoms with Crippen molar-refractivity contribution in [1.29, 1.82) is 0 Å². The molecule has 6 rings (SSSR count). The molecule has 0 saturated heterocycles. The summed E-state index contributed by atoms with van der Waals surface area (Å²) in [6.45, 7) is 25.5. The largest absolute Gasteiger partial charge is 0.512 e. The summed E-state index contributed by atoms with van der Waals surface area (Å²) in [5.41, 5.74) is 4.99. The van der Waals surface area contributed by atoms with Gasteiger partial charge in [0.15, 0.2) is 5.78 Å². The molecule has 0 spiro atoms. The molecule has 0 amide bonds. The van der Waals surface area contributed by atoms with Crippen molar-refractivity contribution in [2.45, 2.75) is 121 Å². The Bertz CT molecular complexity index is 2220. The van der Waals surface area contributed by atoms with Gasteiger partial charge in [-0.1, -0.05) is 87.3 Å². The van der Waals surface area contributed by atoms with Gasteiger partial charge in [0.25, 0.3) is 0 Å². The van der Waals surface area contributed by atoms with E-state index in [1.54, 1.807) is 29.0 Å². The maximum absolute atomic E-state index is 12.2. The number of aliphatic hydroxyl groups excluding tert-OH is 1. The van der Waals surface area contributed by atoms with Crippen LogP contribution in [-0.4, -0.2) is 20.9 Å². The number of aryl methyl sites for hydroxylation is 1. The zero-order valence-electron chi connectivity index (χ0n) is 33.0. The maximum Gasteiger partial charge on any atom is 0.164 e. The number of thiophene rings is 2. The fourth-order valence-corrected chi connectivity index (χ4v) is 8.82. The number of carbonyl (C=O) groups excluding carboxylic acids is 1. The van der Waals surface area contributed by atoms with Gasteiger partial charge in [-0.25, -0.2) is 4.98 Å². The topological polar surface area (TPSA) is 76.2 Å². The second-order valence-corrected chi connectivity index (χ2v) is 17.9. The van der Waals surface area contributed by atoms with Gasteiger partial charge in [0.05, 0.1) is 0 Å². The van der Waals surface area contributed by atoms with Crippen molar-refractivity contribution in [3.05, 3.63) is 70.8 Å². The molecule has 0 atom stereocenters. The molecule has 5 nitrogen and oxygen atoms in total. The number of benzene rings is 2. The Balaban J connectivity index is 0.000000289. The third-order valence-electron chi connectivity index (χ3n) is 11.1. The predicted molar refractivity (Wildman–Crippen MR) is 219 cm³/mol. The van der Waals surface area contributed by atoms with Crippen LogP contribution in [0.5, 0.6) is 0 Å². The number of rotatable bonds is 10. The van der Waals surface area contributed by atoms with E-state index in [0.717, 1.165) is 70.3 Å². The summed E-state index contributed by atoms with van der Waals surface area (Å²) in [6.07, 6.45) is 7.44. The van der Waals surface area contributed by atoms with Crippen molar-refractivity contribution < 1.29 is 34.4 Å². The Kier molecular flexibility index (Phi) is 13.1. The van der Waals surface area contributed by atoms with Crippen LogP contribution in [0, 0.1) is 29.7 Å². The molecule has 6 aromatic rings. The van der Waals surface area contributed by atoms with E-state index in [2.05, 4.69) is 77.3 Å². The van der Waals surface area contributed by atoms with Crippen molar-refractivity contribution in [1.82, 2.24) is 9.97 Å². The molecule has 4 aromatic heterocycles. The van der Waals surface area contributed by atoms with Gasteiger partial charge in [0, 0.05) is 69.1 Å². The first-order valence-corrected chi connectivity index (χ1v) is 20.2. The summed E-state index contributed by atoms with van der Waals surface area (Å²) in [7, 11) is 0. The van der Waals surface area contributed by atoms with Crippen LogP contribution in [0.25, 0.3) is 52.6 Å². The number of hydrogen-bond donors (Lipinski definition) is 1. The number of carbonyl (C=O) groups is 1. The third-order valence-corrected chi connectivity index (χ3v) is 13.1. The summed E-state index contributed by atoms with van der Waals surface area (Å²) >= 11 is 3.52. The average molecular weight is 916 g/mol. The molecule has 52 heavy (non-hydrogen) atoms. The van der Waals surface area contributed by atoms with Gasteiger partial charge in [-0.2, -0.15) is 11.3 Å². The number of aliphatic hydroxyl groups is 1. The minimum atomic E-state index is -0.337. The van der Waals surface area contributed by atoms with E-state index in [1.807, 2.05) is 41.5 Å². The number of nitrogens with zero attached hydrogens (tertiary/aromatic N) is 2. The molecule has 2 aromatic carbocycles. The number of furan rings is 1. The SMILES string of the molecule is CCC(C)(CC)C(=O)/C=C(\O)C(C)(CC)CC.Cc1oc2ccc3sc4ncnc(-c5[c-]c6ccsc6c(C(C)(C)C)c5)c4c3c2c1CC(C)C.[Ir]. The van der Waals surface area contributed by atoms with Crippen molar-refractivity contribution >= 4 is 69.8 Å². The quantitative estimate of drug-likeness (QED) is 0.0842. The van der Waals surface area contributed by atoms with E-state index in [0.29, 0.717) is 5.92 Å². The minimum Gasteiger partial charge on any atom is -0.512 e. The fourth-order valence-electron chi connectivity index (χ4n) is 6.69. The number of fused-ring (bicyclic) bond motifs is 6. The van der Waals surface area contributed by atoms with E-state index >= 15 is 0 Å². The first-order chi connectivity index (χ1) is 24.0. The van der Waals surface area contributed by atoms with Gasteiger partial charge in [0.2, 0.25) is 0 Å². The van der Waals surface area contributed by atoms with Crippen LogP contribution in [-0.2, 0) is 36.7 Å². The van der Waals surface area contributed by atoms with E-state index in [9.17, 15) is 9.90 Å². The van der Waals surface area contributed by atoms with E-state index < -0.39 is 0 Å². The molecule has 281 valence electrons. The van der Waals surface area contributed by atoms with Crippen molar-refractivity contribution in [2.24, 2.45) is 16.7 Å². The van der Waals surface area contributed by atoms with Gasteiger partial charge in [-0.05, 0) is 72.6 Å². The molecule has 4 heterocycles.